The van der Waals surface area contributed by atoms with Gasteiger partial charge in [-0.3, -0.25) is 15.2 Å². The van der Waals surface area contributed by atoms with Crippen LogP contribution in [0.2, 0.25) is 0 Å². The number of benzene rings is 1. The van der Waals surface area contributed by atoms with Gasteiger partial charge in [0.25, 0.3) is 0 Å². The Hall–Kier alpha value is -2.75. The van der Waals surface area contributed by atoms with Crippen LogP contribution in [0.25, 0.3) is 0 Å². The summed E-state index contributed by atoms with van der Waals surface area (Å²) < 4.78 is 6.64. The second kappa shape index (κ2) is 6.35. The van der Waals surface area contributed by atoms with Gasteiger partial charge in [-0.15, -0.1) is 0 Å². The SMILES string of the molecule is CCc1n[nH]c(=S)n1/N=C\c1cc(OC)cc([N+](=O)[O-])c1O. The third-order valence-electron chi connectivity index (χ3n) is 2.87. The van der Waals surface area contributed by atoms with E-state index in [1.807, 2.05) is 6.92 Å². The van der Waals surface area contributed by atoms with E-state index in [9.17, 15) is 15.2 Å². The Balaban J connectivity index is 2.51. The Morgan fingerprint density at radius 1 is 1.64 bits per heavy atom. The summed E-state index contributed by atoms with van der Waals surface area (Å²) in [5.41, 5.74) is -0.330. The van der Waals surface area contributed by atoms with Crippen molar-refractivity contribution in [3.63, 3.8) is 0 Å². The Morgan fingerprint density at radius 2 is 2.36 bits per heavy atom. The van der Waals surface area contributed by atoms with Crippen molar-refractivity contribution >= 4 is 24.1 Å². The molecule has 0 atom stereocenters. The highest BCUT2D eigenvalue weighted by Crippen LogP contribution is 2.33. The fourth-order valence-corrected chi connectivity index (χ4v) is 1.96. The van der Waals surface area contributed by atoms with Crippen LogP contribution >= 0.6 is 12.2 Å². The molecule has 0 aliphatic rings. The molecule has 0 radical (unpaired) electrons. The molecular weight excluding hydrogens is 310 g/mol. The lowest BCUT2D eigenvalue weighted by Crippen LogP contribution is -1.99. The number of aromatic nitrogens is 3. The molecule has 1 heterocycles. The molecule has 10 heteroatoms. The van der Waals surface area contributed by atoms with Crippen molar-refractivity contribution in [3.8, 4) is 11.5 Å². The summed E-state index contributed by atoms with van der Waals surface area (Å²) in [5.74, 6) is 0.332. The molecule has 0 unspecified atom stereocenters. The number of nitrogens with zero attached hydrogens (tertiary/aromatic N) is 4. The maximum Gasteiger partial charge on any atom is 0.315 e. The van der Waals surface area contributed by atoms with Gasteiger partial charge in [-0.1, -0.05) is 6.92 Å². The van der Waals surface area contributed by atoms with Crippen molar-refractivity contribution in [2.45, 2.75) is 13.3 Å². The Bertz CT molecular complexity index is 795. The van der Waals surface area contributed by atoms with Crippen LogP contribution in [-0.2, 0) is 6.42 Å². The number of hydrogen-bond donors (Lipinski definition) is 2. The first-order valence-electron chi connectivity index (χ1n) is 6.24. The van der Waals surface area contributed by atoms with E-state index in [1.54, 1.807) is 0 Å². The topological polar surface area (TPSA) is 119 Å². The zero-order valence-electron chi connectivity index (χ0n) is 11.8. The summed E-state index contributed by atoms with van der Waals surface area (Å²) in [5, 5.41) is 31.6. The van der Waals surface area contributed by atoms with Crippen LogP contribution in [0.1, 0.15) is 18.3 Å². The largest absolute Gasteiger partial charge is 0.502 e. The van der Waals surface area contributed by atoms with Gasteiger partial charge < -0.3 is 9.84 Å². The summed E-state index contributed by atoms with van der Waals surface area (Å²) in [4.78, 5) is 10.2. The Labute approximate surface area is 130 Å². The lowest BCUT2D eigenvalue weighted by atomic mass is 10.1. The number of aromatic hydroxyl groups is 1. The van der Waals surface area contributed by atoms with Crippen LogP contribution in [0.3, 0.4) is 0 Å². The second-order valence-corrected chi connectivity index (χ2v) is 4.58. The van der Waals surface area contributed by atoms with Crippen molar-refractivity contribution in [1.82, 2.24) is 14.9 Å². The van der Waals surface area contributed by atoms with Gasteiger partial charge in [0.05, 0.1) is 24.3 Å². The third kappa shape index (κ3) is 2.96. The molecule has 2 aromatic rings. The summed E-state index contributed by atoms with van der Waals surface area (Å²) in [7, 11) is 1.37. The van der Waals surface area contributed by atoms with Gasteiger partial charge in [-0.05, 0) is 18.3 Å². The van der Waals surface area contributed by atoms with E-state index in [4.69, 9.17) is 17.0 Å². The predicted octanol–water partition coefficient (Wildman–Crippen LogP) is 2.01. The quantitative estimate of drug-likeness (QED) is 0.376. The molecule has 2 rings (SSSR count). The molecule has 0 aliphatic carbocycles. The van der Waals surface area contributed by atoms with E-state index in [0.29, 0.717) is 12.2 Å². The van der Waals surface area contributed by atoms with Crippen LogP contribution in [-0.4, -0.2) is 38.2 Å². The minimum atomic E-state index is -0.698. The fourth-order valence-electron chi connectivity index (χ4n) is 1.76. The average Bonchev–Trinajstić information content (AvgIpc) is 2.86. The molecule has 0 bridgehead atoms. The van der Waals surface area contributed by atoms with Gasteiger partial charge in [0, 0.05) is 12.0 Å². The number of phenolic OH excluding ortho intramolecular Hbond substituents is 1. The summed E-state index contributed by atoms with van der Waals surface area (Å²) in [6.45, 7) is 1.88. The highest BCUT2D eigenvalue weighted by molar-refractivity contribution is 7.71. The van der Waals surface area contributed by atoms with Crippen molar-refractivity contribution < 1.29 is 14.8 Å². The third-order valence-corrected chi connectivity index (χ3v) is 3.14. The highest BCUT2D eigenvalue weighted by Gasteiger charge is 2.18. The zero-order valence-corrected chi connectivity index (χ0v) is 12.6. The summed E-state index contributed by atoms with van der Waals surface area (Å²) >= 11 is 5.04. The van der Waals surface area contributed by atoms with E-state index >= 15 is 0 Å². The molecule has 0 saturated heterocycles. The van der Waals surface area contributed by atoms with Crippen molar-refractivity contribution in [3.05, 3.63) is 38.4 Å². The molecular formula is C12H13N5O4S. The number of nitrogens with one attached hydrogen (secondary N) is 1. The van der Waals surface area contributed by atoms with Crippen LogP contribution in [0.15, 0.2) is 17.2 Å². The van der Waals surface area contributed by atoms with Crippen molar-refractivity contribution in [2.75, 3.05) is 7.11 Å². The van der Waals surface area contributed by atoms with Crippen molar-refractivity contribution in [1.29, 1.82) is 0 Å². The molecule has 9 nitrogen and oxygen atoms in total. The van der Waals surface area contributed by atoms with E-state index in [-0.39, 0.29) is 16.1 Å². The lowest BCUT2D eigenvalue weighted by Gasteiger charge is -2.04. The number of nitro benzene ring substituents is 1. The summed E-state index contributed by atoms with van der Waals surface area (Å²) in [6, 6.07) is 2.56. The highest BCUT2D eigenvalue weighted by atomic mass is 32.1. The number of methoxy groups -OCH3 is 1. The molecule has 2 N–H and O–H groups in total. The smallest absolute Gasteiger partial charge is 0.315 e. The molecule has 22 heavy (non-hydrogen) atoms. The molecule has 116 valence electrons. The van der Waals surface area contributed by atoms with Gasteiger partial charge in [0.1, 0.15) is 5.75 Å². The van der Waals surface area contributed by atoms with E-state index in [2.05, 4.69) is 15.3 Å². The minimum Gasteiger partial charge on any atom is -0.502 e. The number of aromatic amines is 1. The number of phenols is 1. The molecule has 1 aromatic carbocycles. The van der Waals surface area contributed by atoms with Gasteiger partial charge in [-0.25, -0.2) is 0 Å². The molecule has 0 amide bonds. The molecule has 0 saturated carbocycles. The van der Waals surface area contributed by atoms with Gasteiger partial charge >= 0.3 is 5.69 Å². The first-order valence-corrected chi connectivity index (χ1v) is 6.64. The van der Waals surface area contributed by atoms with Gasteiger partial charge in [0.15, 0.2) is 5.82 Å². The number of H-pyrrole nitrogens is 1. The molecule has 0 aliphatic heterocycles. The number of rotatable bonds is 5. The standard InChI is InChI=1S/C12H13N5O4S/c1-3-10-14-15-12(22)16(10)13-6-7-4-8(21-2)5-9(11(7)18)17(19)20/h4-6,18H,3H2,1-2H3,(H,15,22)/b13-6-. The molecule has 0 spiro atoms. The monoisotopic (exact) mass is 323 g/mol. The zero-order chi connectivity index (χ0) is 16.3. The van der Waals surface area contributed by atoms with Gasteiger partial charge in [-0.2, -0.15) is 14.9 Å². The predicted molar refractivity (Wildman–Crippen MR) is 81.1 cm³/mol. The number of nitro groups is 1. The summed E-state index contributed by atoms with van der Waals surface area (Å²) in [6.07, 6.45) is 1.85. The molecule has 1 aromatic heterocycles. The van der Waals surface area contributed by atoms with Crippen LogP contribution in [0.4, 0.5) is 5.69 Å². The van der Waals surface area contributed by atoms with Crippen LogP contribution in [0.5, 0.6) is 11.5 Å². The van der Waals surface area contributed by atoms with Crippen LogP contribution < -0.4 is 4.74 Å². The van der Waals surface area contributed by atoms with E-state index in [1.165, 1.54) is 24.1 Å². The van der Waals surface area contributed by atoms with E-state index in [0.717, 1.165) is 6.07 Å². The van der Waals surface area contributed by atoms with Gasteiger partial charge in [0.2, 0.25) is 10.5 Å². The normalized spacial score (nSPS) is 11.0. The maximum atomic E-state index is 10.9. The Morgan fingerprint density at radius 3 is 2.95 bits per heavy atom. The van der Waals surface area contributed by atoms with E-state index < -0.39 is 16.4 Å². The second-order valence-electron chi connectivity index (χ2n) is 4.20. The number of ether oxygens (including phenoxy) is 1. The average molecular weight is 323 g/mol. The molecule has 0 fully saturated rings. The maximum absolute atomic E-state index is 10.9. The first-order chi connectivity index (χ1) is 10.5. The van der Waals surface area contributed by atoms with Crippen LogP contribution in [0, 0.1) is 14.9 Å². The Kier molecular flexibility index (Phi) is 4.51. The number of aryl methyl sites for hydroxylation is 1. The van der Waals surface area contributed by atoms with Crippen molar-refractivity contribution in [2.24, 2.45) is 5.10 Å². The first kappa shape index (κ1) is 15.6. The number of hydrogen-bond acceptors (Lipinski definition) is 7. The lowest BCUT2D eigenvalue weighted by molar-refractivity contribution is -0.385. The fraction of sp³-hybridized carbons (Fsp3) is 0.250. The minimum absolute atomic E-state index is 0.135.